The highest BCUT2D eigenvalue weighted by atomic mass is 16.3. The van der Waals surface area contributed by atoms with Crippen molar-refractivity contribution in [2.24, 2.45) is 0 Å². The average molecular weight is 370 g/mol. The fraction of sp³-hybridized carbons (Fsp3) is 0.240. The minimum absolute atomic E-state index is 0.568. The van der Waals surface area contributed by atoms with Gasteiger partial charge in [-0.05, 0) is 41.2 Å². The fourth-order valence-electron chi connectivity index (χ4n) is 3.62. The molecule has 0 saturated carbocycles. The van der Waals surface area contributed by atoms with E-state index in [2.05, 4.69) is 48.7 Å². The van der Waals surface area contributed by atoms with Crippen molar-refractivity contribution in [2.75, 3.05) is 0 Å². The number of aliphatic hydroxyl groups excluding tert-OH is 1. The lowest BCUT2D eigenvalue weighted by atomic mass is 9.97. The van der Waals surface area contributed by atoms with Crippen LogP contribution in [0.2, 0.25) is 0 Å². The second kappa shape index (κ2) is 7.99. The molecular weight excluding hydrogens is 344 g/mol. The number of nitrogens with zero attached hydrogens (tertiary/aromatic N) is 2. The predicted octanol–water partition coefficient (Wildman–Crippen LogP) is 5.68. The van der Waals surface area contributed by atoms with Gasteiger partial charge in [0, 0.05) is 6.54 Å². The normalized spacial score (nSPS) is 13.5. The molecule has 2 atom stereocenters. The van der Waals surface area contributed by atoms with Crippen LogP contribution in [-0.2, 0) is 6.54 Å². The third kappa shape index (κ3) is 3.58. The van der Waals surface area contributed by atoms with Crippen LogP contribution in [0.1, 0.15) is 54.8 Å². The van der Waals surface area contributed by atoms with Crippen LogP contribution in [-0.4, -0.2) is 14.7 Å². The zero-order valence-corrected chi connectivity index (χ0v) is 16.4. The second-order valence-corrected chi connectivity index (χ2v) is 7.41. The van der Waals surface area contributed by atoms with E-state index in [9.17, 15) is 5.11 Å². The molecule has 3 nitrogen and oxygen atoms in total. The first-order valence-electron chi connectivity index (χ1n) is 9.94. The van der Waals surface area contributed by atoms with E-state index in [4.69, 9.17) is 4.98 Å². The summed E-state index contributed by atoms with van der Waals surface area (Å²) in [7, 11) is 0. The summed E-state index contributed by atoms with van der Waals surface area (Å²) in [5, 5.41) is 11.0. The standard InChI is InChI=1S/C25H26N2O/c1-3-18(2)20-15-13-19(14-16-20)17-27-23-12-8-7-11-22(23)26-25(27)24(28)21-9-5-4-6-10-21/h4-16,18,24,28H,3,17H2,1-2H3. The molecule has 0 aliphatic heterocycles. The van der Waals surface area contributed by atoms with Gasteiger partial charge in [0.05, 0.1) is 11.0 Å². The van der Waals surface area contributed by atoms with Crippen LogP contribution in [0, 0.1) is 0 Å². The SMILES string of the molecule is CCC(C)c1ccc(Cn2c(C(O)c3ccccc3)nc3ccccc32)cc1. The Balaban J connectivity index is 1.73. The maximum absolute atomic E-state index is 11.0. The Morgan fingerprint density at radius 1 is 0.857 bits per heavy atom. The average Bonchev–Trinajstić information content (AvgIpc) is 3.12. The van der Waals surface area contributed by atoms with E-state index in [-0.39, 0.29) is 0 Å². The summed E-state index contributed by atoms with van der Waals surface area (Å²) in [6.45, 7) is 5.15. The van der Waals surface area contributed by atoms with Crippen molar-refractivity contribution < 1.29 is 5.11 Å². The van der Waals surface area contributed by atoms with Gasteiger partial charge in [0.15, 0.2) is 0 Å². The zero-order valence-electron chi connectivity index (χ0n) is 16.4. The molecule has 0 fully saturated rings. The molecule has 0 amide bonds. The number of benzene rings is 3. The fourth-order valence-corrected chi connectivity index (χ4v) is 3.62. The molecule has 1 aromatic heterocycles. The van der Waals surface area contributed by atoms with Crippen LogP contribution in [0.15, 0.2) is 78.9 Å². The van der Waals surface area contributed by atoms with E-state index in [0.717, 1.165) is 23.0 Å². The summed E-state index contributed by atoms with van der Waals surface area (Å²) in [6.07, 6.45) is 0.381. The van der Waals surface area contributed by atoms with E-state index in [0.29, 0.717) is 18.3 Å². The van der Waals surface area contributed by atoms with Crippen LogP contribution in [0.3, 0.4) is 0 Å². The number of aromatic nitrogens is 2. The van der Waals surface area contributed by atoms with Gasteiger partial charge in [0.2, 0.25) is 0 Å². The highest BCUT2D eigenvalue weighted by Crippen LogP contribution is 2.27. The molecule has 3 heteroatoms. The van der Waals surface area contributed by atoms with E-state index >= 15 is 0 Å². The Morgan fingerprint density at radius 2 is 1.54 bits per heavy atom. The van der Waals surface area contributed by atoms with E-state index < -0.39 is 6.10 Å². The second-order valence-electron chi connectivity index (χ2n) is 7.41. The number of aliphatic hydroxyl groups is 1. The first-order valence-corrected chi connectivity index (χ1v) is 9.94. The molecule has 0 bridgehead atoms. The molecule has 4 rings (SSSR count). The quantitative estimate of drug-likeness (QED) is 0.474. The summed E-state index contributed by atoms with van der Waals surface area (Å²) in [6, 6.07) is 26.6. The minimum atomic E-state index is -0.756. The topological polar surface area (TPSA) is 38.0 Å². The molecule has 0 aliphatic carbocycles. The lowest BCUT2D eigenvalue weighted by Crippen LogP contribution is -2.11. The van der Waals surface area contributed by atoms with Crippen molar-refractivity contribution in [1.82, 2.24) is 9.55 Å². The number of para-hydroxylation sites is 2. The molecule has 0 radical (unpaired) electrons. The summed E-state index contributed by atoms with van der Waals surface area (Å²) < 4.78 is 2.13. The van der Waals surface area contributed by atoms with Gasteiger partial charge in [-0.3, -0.25) is 0 Å². The van der Waals surface area contributed by atoms with Crippen molar-refractivity contribution in [3.63, 3.8) is 0 Å². The maximum Gasteiger partial charge on any atom is 0.143 e. The third-order valence-electron chi connectivity index (χ3n) is 5.55. The molecule has 1 heterocycles. The first kappa shape index (κ1) is 18.5. The molecule has 142 valence electrons. The van der Waals surface area contributed by atoms with E-state index in [1.165, 1.54) is 11.1 Å². The van der Waals surface area contributed by atoms with Gasteiger partial charge in [-0.15, -0.1) is 0 Å². The Hall–Kier alpha value is -2.91. The van der Waals surface area contributed by atoms with Crippen molar-refractivity contribution in [2.45, 2.75) is 38.8 Å². The van der Waals surface area contributed by atoms with Crippen molar-refractivity contribution in [3.05, 3.63) is 101 Å². The Labute approximate surface area is 166 Å². The lowest BCUT2D eigenvalue weighted by molar-refractivity contribution is 0.206. The van der Waals surface area contributed by atoms with Crippen LogP contribution >= 0.6 is 0 Å². The van der Waals surface area contributed by atoms with Gasteiger partial charge in [0.1, 0.15) is 11.9 Å². The lowest BCUT2D eigenvalue weighted by Gasteiger charge is -2.15. The van der Waals surface area contributed by atoms with Crippen LogP contribution in [0.25, 0.3) is 11.0 Å². The molecule has 3 aromatic carbocycles. The Kier molecular flexibility index (Phi) is 5.27. The number of hydrogen-bond acceptors (Lipinski definition) is 2. The smallest absolute Gasteiger partial charge is 0.143 e. The van der Waals surface area contributed by atoms with Gasteiger partial charge in [-0.1, -0.05) is 80.6 Å². The summed E-state index contributed by atoms with van der Waals surface area (Å²) in [5.74, 6) is 1.25. The van der Waals surface area contributed by atoms with Gasteiger partial charge >= 0.3 is 0 Å². The monoisotopic (exact) mass is 370 g/mol. The van der Waals surface area contributed by atoms with Crippen molar-refractivity contribution in [3.8, 4) is 0 Å². The van der Waals surface area contributed by atoms with Crippen LogP contribution in [0.5, 0.6) is 0 Å². The maximum atomic E-state index is 11.0. The molecule has 0 saturated heterocycles. The molecular formula is C25H26N2O. The van der Waals surface area contributed by atoms with Gasteiger partial charge in [-0.25, -0.2) is 4.98 Å². The largest absolute Gasteiger partial charge is 0.380 e. The van der Waals surface area contributed by atoms with Crippen molar-refractivity contribution in [1.29, 1.82) is 0 Å². The molecule has 0 spiro atoms. The summed E-state index contributed by atoms with van der Waals surface area (Å²) in [4.78, 5) is 4.76. The number of hydrogen-bond donors (Lipinski definition) is 1. The Morgan fingerprint density at radius 3 is 2.25 bits per heavy atom. The number of imidazole rings is 1. The van der Waals surface area contributed by atoms with Crippen LogP contribution < -0.4 is 0 Å². The molecule has 0 aliphatic rings. The zero-order chi connectivity index (χ0) is 19.5. The van der Waals surface area contributed by atoms with Gasteiger partial charge in [0.25, 0.3) is 0 Å². The molecule has 1 N–H and O–H groups in total. The highest BCUT2D eigenvalue weighted by molar-refractivity contribution is 5.76. The molecule has 28 heavy (non-hydrogen) atoms. The highest BCUT2D eigenvalue weighted by Gasteiger charge is 2.19. The number of fused-ring (bicyclic) bond motifs is 1. The number of rotatable bonds is 6. The van der Waals surface area contributed by atoms with E-state index in [1.807, 2.05) is 48.5 Å². The third-order valence-corrected chi connectivity index (χ3v) is 5.55. The van der Waals surface area contributed by atoms with E-state index in [1.54, 1.807) is 0 Å². The first-order chi connectivity index (χ1) is 13.7. The Bertz CT molecular complexity index is 1050. The van der Waals surface area contributed by atoms with Crippen molar-refractivity contribution >= 4 is 11.0 Å². The summed E-state index contributed by atoms with van der Waals surface area (Å²) >= 11 is 0. The van der Waals surface area contributed by atoms with Gasteiger partial charge in [-0.2, -0.15) is 0 Å². The van der Waals surface area contributed by atoms with Crippen LogP contribution in [0.4, 0.5) is 0 Å². The molecule has 2 unspecified atom stereocenters. The van der Waals surface area contributed by atoms with Gasteiger partial charge < -0.3 is 9.67 Å². The predicted molar refractivity (Wildman–Crippen MR) is 114 cm³/mol. The summed E-state index contributed by atoms with van der Waals surface area (Å²) in [5.41, 5.74) is 5.37. The molecule has 4 aromatic rings. The minimum Gasteiger partial charge on any atom is -0.380 e.